The largest absolute Gasteiger partial charge is 0.461 e. The van der Waals surface area contributed by atoms with E-state index in [0.29, 0.717) is 5.56 Å². The minimum atomic E-state index is -0.491. The van der Waals surface area contributed by atoms with Gasteiger partial charge in [-0.1, -0.05) is 12.1 Å². The minimum Gasteiger partial charge on any atom is -0.461 e. The quantitative estimate of drug-likeness (QED) is 0.723. The lowest BCUT2D eigenvalue weighted by atomic mass is 10.1. The summed E-state index contributed by atoms with van der Waals surface area (Å²) in [6.07, 6.45) is 0. The van der Waals surface area contributed by atoms with Crippen molar-refractivity contribution in [1.29, 1.82) is 0 Å². The lowest BCUT2D eigenvalue weighted by Crippen LogP contribution is -2.11. The maximum absolute atomic E-state index is 10.8. The fourth-order valence-electron chi connectivity index (χ4n) is 0.999. The number of hydrogen-bond acceptors (Lipinski definition) is 3. The second kappa shape index (κ2) is 4.41. The number of rotatable bonds is 3. The first-order chi connectivity index (χ1) is 6.59. The van der Waals surface area contributed by atoms with Crippen LogP contribution in [0.15, 0.2) is 24.3 Å². The molecule has 0 heterocycles. The maximum atomic E-state index is 10.8. The zero-order valence-corrected chi connectivity index (χ0v) is 7.82. The molecular weight excluding hydrogens is 182 g/mol. The number of ether oxygens (including phenoxy) is 1. The van der Waals surface area contributed by atoms with E-state index in [1.807, 2.05) is 0 Å². The number of hydrogen-bond donors (Lipinski definition) is 1. The van der Waals surface area contributed by atoms with Crippen molar-refractivity contribution in [2.75, 3.05) is 0 Å². The van der Waals surface area contributed by atoms with Crippen LogP contribution in [0.4, 0.5) is 0 Å². The Morgan fingerprint density at radius 1 is 1.43 bits per heavy atom. The average molecular weight is 193 g/mol. The molecule has 0 aliphatic heterocycles. The second-order valence-corrected chi connectivity index (χ2v) is 2.84. The molecule has 74 valence electrons. The van der Waals surface area contributed by atoms with E-state index in [1.54, 1.807) is 24.3 Å². The number of carbonyl (C=O) groups is 2. The van der Waals surface area contributed by atoms with Crippen molar-refractivity contribution in [2.45, 2.75) is 13.5 Å². The minimum absolute atomic E-state index is 0.163. The molecule has 0 bridgehead atoms. The summed E-state index contributed by atoms with van der Waals surface area (Å²) in [5.41, 5.74) is 6.25. The smallest absolute Gasteiger partial charge is 0.302 e. The Kier molecular flexibility index (Phi) is 3.23. The Morgan fingerprint density at radius 3 is 2.71 bits per heavy atom. The monoisotopic (exact) mass is 193 g/mol. The van der Waals surface area contributed by atoms with Gasteiger partial charge in [-0.25, -0.2) is 0 Å². The molecule has 0 aliphatic carbocycles. The third-order valence-corrected chi connectivity index (χ3v) is 1.65. The summed E-state index contributed by atoms with van der Waals surface area (Å²) in [4.78, 5) is 21.3. The van der Waals surface area contributed by atoms with Crippen molar-refractivity contribution in [3.8, 4) is 0 Å². The first-order valence-electron chi connectivity index (χ1n) is 4.11. The highest BCUT2D eigenvalue weighted by Gasteiger charge is 2.01. The van der Waals surface area contributed by atoms with Crippen LogP contribution in [0, 0.1) is 0 Å². The van der Waals surface area contributed by atoms with Crippen LogP contribution < -0.4 is 5.73 Å². The zero-order valence-electron chi connectivity index (χ0n) is 7.82. The van der Waals surface area contributed by atoms with Gasteiger partial charge >= 0.3 is 5.97 Å². The molecule has 1 aromatic rings. The Hall–Kier alpha value is -1.84. The number of esters is 1. The van der Waals surface area contributed by atoms with E-state index in [9.17, 15) is 9.59 Å². The van der Waals surface area contributed by atoms with Gasteiger partial charge in [-0.2, -0.15) is 0 Å². The molecule has 0 atom stereocenters. The van der Waals surface area contributed by atoms with Gasteiger partial charge in [-0.05, 0) is 17.7 Å². The van der Waals surface area contributed by atoms with Gasteiger partial charge in [0, 0.05) is 12.5 Å². The third-order valence-electron chi connectivity index (χ3n) is 1.65. The van der Waals surface area contributed by atoms with E-state index in [4.69, 9.17) is 10.5 Å². The Bertz CT molecular complexity index is 360. The van der Waals surface area contributed by atoms with Crippen molar-refractivity contribution < 1.29 is 14.3 Å². The molecule has 1 aromatic carbocycles. The first kappa shape index (κ1) is 10.2. The van der Waals surface area contributed by atoms with Gasteiger partial charge < -0.3 is 10.5 Å². The molecule has 4 heteroatoms. The topological polar surface area (TPSA) is 69.4 Å². The number of primary amides is 1. The van der Waals surface area contributed by atoms with Crippen LogP contribution in [0.5, 0.6) is 0 Å². The van der Waals surface area contributed by atoms with E-state index in [2.05, 4.69) is 0 Å². The van der Waals surface area contributed by atoms with Crippen molar-refractivity contribution in [1.82, 2.24) is 0 Å². The van der Waals surface area contributed by atoms with Crippen LogP contribution in [0.3, 0.4) is 0 Å². The first-order valence-corrected chi connectivity index (χ1v) is 4.11. The van der Waals surface area contributed by atoms with Gasteiger partial charge in [0.15, 0.2) is 0 Å². The van der Waals surface area contributed by atoms with Crippen molar-refractivity contribution in [3.63, 3.8) is 0 Å². The van der Waals surface area contributed by atoms with E-state index in [1.165, 1.54) is 6.92 Å². The van der Waals surface area contributed by atoms with Crippen LogP contribution in [-0.2, 0) is 16.1 Å². The predicted molar refractivity (Wildman–Crippen MR) is 50.4 cm³/mol. The SMILES string of the molecule is CC(=O)OCc1cccc(C(N)=O)c1. The Labute approximate surface area is 81.7 Å². The molecule has 0 radical (unpaired) electrons. The van der Waals surface area contributed by atoms with Gasteiger partial charge in [-0.3, -0.25) is 9.59 Å². The van der Waals surface area contributed by atoms with Gasteiger partial charge in [0.05, 0.1) is 0 Å². The summed E-state index contributed by atoms with van der Waals surface area (Å²) in [5, 5.41) is 0. The molecule has 1 rings (SSSR count). The summed E-state index contributed by atoms with van der Waals surface area (Å²) >= 11 is 0. The number of benzene rings is 1. The van der Waals surface area contributed by atoms with Crippen LogP contribution in [0.25, 0.3) is 0 Å². The van der Waals surface area contributed by atoms with Gasteiger partial charge in [-0.15, -0.1) is 0 Å². The molecule has 14 heavy (non-hydrogen) atoms. The predicted octanol–water partition coefficient (Wildman–Crippen LogP) is 0.849. The Morgan fingerprint density at radius 2 is 2.14 bits per heavy atom. The average Bonchev–Trinajstić information content (AvgIpc) is 2.15. The Balaban J connectivity index is 2.73. The van der Waals surface area contributed by atoms with E-state index in [0.717, 1.165) is 5.56 Å². The lowest BCUT2D eigenvalue weighted by molar-refractivity contribution is -0.142. The summed E-state index contributed by atoms with van der Waals surface area (Å²) < 4.78 is 4.77. The summed E-state index contributed by atoms with van der Waals surface area (Å²) in [7, 11) is 0. The highest BCUT2D eigenvalue weighted by atomic mass is 16.5. The maximum Gasteiger partial charge on any atom is 0.302 e. The molecule has 0 saturated carbocycles. The van der Waals surface area contributed by atoms with E-state index in [-0.39, 0.29) is 12.6 Å². The van der Waals surface area contributed by atoms with Crippen molar-refractivity contribution in [2.24, 2.45) is 5.73 Å². The van der Waals surface area contributed by atoms with Crippen LogP contribution in [0.1, 0.15) is 22.8 Å². The number of carbonyl (C=O) groups excluding carboxylic acids is 2. The molecule has 0 unspecified atom stereocenters. The second-order valence-electron chi connectivity index (χ2n) is 2.84. The van der Waals surface area contributed by atoms with Gasteiger partial charge in [0.2, 0.25) is 5.91 Å². The van der Waals surface area contributed by atoms with Gasteiger partial charge in [0.1, 0.15) is 6.61 Å². The molecular formula is C10H11NO3. The molecule has 0 spiro atoms. The molecule has 0 saturated heterocycles. The third kappa shape index (κ3) is 2.90. The lowest BCUT2D eigenvalue weighted by Gasteiger charge is -2.02. The molecule has 4 nitrogen and oxygen atoms in total. The number of amides is 1. The molecule has 1 amide bonds. The molecule has 0 aromatic heterocycles. The van der Waals surface area contributed by atoms with Crippen LogP contribution >= 0.6 is 0 Å². The molecule has 2 N–H and O–H groups in total. The summed E-state index contributed by atoms with van der Waals surface area (Å²) in [5.74, 6) is -0.843. The van der Waals surface area contributed by atoms with Crippen molar-refractivity contribution >= 4 is 11.9 Å². The van der Waals surface area contributed by atoms with E-state index < -0.39 is 5.91 Å². The fourth-order valence-corrected chi connectivity index (χ4v) is 0.999. The van der Waals surface area contributed by atoms with Crippen molar-refractivity contribution in [3.05, 3.63) is 35.4 Å². The molecule has 0 aliphatic rings. The van der Waals surface area contributed by atoms with Crippen LogP contribution in [-0.4, -0.2) is 11.9 Å². The number of nitrogens with two attached hydrogens (primary N) is 1. The van der Waals surface area contributed by atoms with E-state index >= 15 is 0 Å². The summed E-state index contributed by atoms with van der Waals surface area (Å²) in [6.45, 7) is 1.49. The fraction of sp³-hybridized carbons (Fsp3) is 0.200. The highest BCUT2D eigenvalue weighted by Crippen LogP contribution is 2.06. The van der Waals surface area contributed by atoms with Crippen LogP contribution in [0.2, 0.25) is 0 Å². The molecule has 0 fully saturated rings. The van der Waals surface area contributed by atoms with Gasteiger partial charge in [0.25, 0.3) is 0 Å². The summed E-state index contributed by atoms with van der Waals surface area (Å²) in [6, 6.07) is 6.67. The highest BCUT2D eigenvalue weighted by molar-refractivity contribution is 5.92. The normalized spacial score (nSPS) is 9.50. The standard InChI is InChI=1S/C10H11NO3/c1-7(12)14-6-8-3-2-4-9(5-8)10(11)13/h2-5H,6H2,1H3,(H2,11,13). The zero-order chi connectivity index (χ0) is 10.6.